The zero-order valence-electron chi connectivity index (χ0n) is 31.5. The minimum Gasteiger partial charge on any atom is -0.493 e. The number of hydrogen-bond acceptors (Lipinski definition) is 6. The monoisotopic (exact) mass is 669 g/mol. The normalized spacial score (nSPS) is 11.0. The quantitative estimate of drug-likeness (QED) is 0.0610. The van der Waals surface area contributed by atoms with Crippen molar-refractivity contribution in [3.8, 4) is 28.7 Å². The molecule has 0 atom stereocenters. The Balaban J connectivity index is 2.58. The number of carbonyl (C=O) groups is 1. The van der Waals surface area contributed by atoms with Crippen molar-refractivity contribution in [2.24, 2.45) is 0 Å². The summed E-state index contributed by atoms with van der Waals surface area (Å²) in [7, 11) is 0. The molecule has 0 heterocycles. The van der Waals surface area contributed by atoms with Gasteiger partial charge in [0.1, 0.15) is 11.3 Å². The largest absolute Gasteiger partial charge is 0.493 e. The Labute approximate surface area is 293 Å². The molecule has 272 valence electrons. The Morgan fingerprint density at radius 2 is 0.917 bits per heavy atom. The first kappa shape index (κ1) is 41.3. The summed E-state index contributed by atoms with van der Waals surface area (Å²) in [5.41, 5.74) is 2.76. The molecule has 0 bridgehead atoms. The fourth-order valence-electron chi connectivity index (χ4n) is 5.57. The van der Waals surface area contributed by atoms with Crippen LogP contribution in [-0.4, -0.2) is 38.8 Å². The van der Waals surface area contributed by atoms with Crippen LogP contribution in [-0.2, 0) is 12.8 Å². The van der Waals surface area contributed by atoms with E-state index in [4.69, 9.17) is 23.7 Å². The van der Waals surface area contributed by atoms with E-state index in [2.05, 4.69) is 59.7 Å². The molecule has 0 aromatic heterocycles. The molecule has 0 aliphatic carbocycles. The van der Waals surface area contributed by atoms with Crippen LogP contribution in [0.15, 0.2) is 24.3 Å². The van der Waals surface area contributed by atoms with Gasteiger partial charge < -0.3 is 23.7 Å². The number of unbranched alkanes of at least 4 members (excludes halogenated alkanes) is 10. The van der Waals surface area contributed by atoms with Crippen molar-refractivity contribution < 1.29 is 28.5 Å². The molecule has 0 spiro atoms. The van der Waals surface area contributed by atoms with Crippen LogP contribution in [0.1, 0.15) is 166 Å². The van der Waals surface area contributed by atoms with Crippen LogP contribution in [0.3, 0.4) is 0 Å². The number of aryl methyl sites for hydroxylation is 2. The van der Waals surface area contributed by atoms with Gasteiger partial charge in [-0.05, 0) is 62.1 Å². The van der Waals surface area contributed by atoms with Crippen LogP contribution in [0.25, 0.3) is 0 Å². The van der Waals surface area contributed by atoms with Gasteiger partial charge >= 0.3 is 0 Å². The molecule has 0 saturated carbocycles. The summed E-state index contributed by atoms with van der Waals surface area (Å²) in [6.45, 7) is 15.9. The van der Waals surface area contributed by atoms with Crippen LogP contribution in [0, 0.1) is 0 Å². The van der Waals surface area contributed by atoms with E-state index in [9.17, 15) is 4.79 Å². The van der Waals surface area contributed by atoms with Gasteiger partial charge in [-0.25, -0.2) is 0 Å². The van der Waals surface area contributed by atoms with Gasteiger partial charge in [0.25, 0.3) is 0 Å². The Hall–Kier alpha value is -2.89. The first-order valence-electron chi connectivity index (χ1n) is 19.5. The molecule has 0 aliphatic rings. The van der Waals surface area contributed by atoms with Crippen molar-refractivity contribution in [2.45, 2.75) is 157 Å². The average molecular weight is 669 g/mol. The highest BCUT2D eigenvalue weighted by Gasteiger charge is 2.28. The highest BCUT2D eigenvalue weighted by Crippen LogP contribution is 2.46. The van der Waals surface area contributed by atoms with Gasteiger partial charge in [-0.2, -0.15) is 0 Å². The van der Waals surface area contributed by atoms with E-state index in [1.165, 1.54) is 5.56 Å². The van der Waals surface area contributed by atoms with Crippen LogP contribution in [0.4, 0.5) is 0 Å². The summed E-state index contributed by atoms with van der Waals surface area (Å²) < 4.78 is 32.0. The zero-order chi connectivity index (χ0) is 34.8. The van der Waals surface area contributed by atoms with Gasteiger partial charge in [0, 0.05) is 12.5 Å². The topological polar surface area (TPSA) is 63.2 Å². The maximum absolute atomic E-state index is 14.5. The Bertz CT molecular complexity index is 1100. The highest BCUT2D eigenvalue weighted by atomic mass is 16.5. The van der Waals surface area contributed by atoms with Gasteiger partial charge in [-0.1, -0.05) is 118 Å². The van der Waals surface area contributed by atoms with Gasteiger partial charge in [0.05, 0.1) is 33.0 Å². The Kier molecular flexibility index (Phi) is 22.4. The van der Waals surface area contributed by atoms with Crippen LogP contribution in [0.5, 0.6) is 28.7 Å². The van der Waals surface area contributed by atoms with E-state index in [1.807, 2.05) is 6.07 Å². The third kappa shape index (κ3) is 15.1. The molecule has 0 aliphatic heterocycles. The SMILES string of the molecule is CCCCCOc1ccc(CC)cc1CCC(=O)c1c(OCCCCC)c(OCCCCC)cc(OCCCCC)c1OCCCCC. The molecule has 0 unspecified atom stereocenters. The zero-order valence-corrected chi connectivity index (χ0v) is 31.5. The third-order valence-electron chi connectivity index (χ3n) is 8.60. The Morgan fingerprint density at radius 3 is 1.33 bits per heavy atom. The molecule has 0 saturated heterocycles. The smallest absolute Gasteiger partial charge is 0.176 e. The lowest BCUT2D eigenvalue weighted by Crippen LogP contribution is -2.14. The summed E-state index contributed by atoms with van der Waals surface area (Å²) in [5.74, 6) is 2.99. The summed E-state index contributed by atoms with van der Waals surface area (Å²) >= 11 is 0. The molecule has 48 heavy (non-hydrogen) atoms. The summed E-state index contributed by atoms with van der Waals surface area (Å²) in [6, 6.07) is 8.31. The number of ketones is 1. The van der Waals surface area contributed by atoms with E-state index in [0.717, 1.165) is 114 Å². The lowest BCUT2D eigenvalue weighted by atomic mass is 9.98. The molecule has 0 radical (unpaired) electrons. The first-order valence-corrected chi connectivity index (χ1v) is 19.5. The van der Waals surface area contributed by atoms with Crippen molar-refractivity contribution in [3.05, 3.63) is 41.0 Å². The van der Waals surface area contributed by atoms with E-state index in [1.54, 1.807) is 0 Å². The molecule has 2 aromatic carbocycles. The van der Waals surface area contributed by atoms with E-state index >= 15 is 0 Å². The fraction of sp³-hybridized carbons (Fsp3) is 0.690. The number of carbonyl (C=O) groups excluding carboxylic acids is 1. The van der Waals surface area contributed by atoms with Crippen LogP contribution in [0.2, 0.25) is 0 Å². The van der Waals surface area contributed by atoms with Crippen molar-refractivity contribution in [1.82, 2.24) is 0 Å². The van der Waals surface area contributed by atoms with Crippen molar-refractivity contribution in [3.63, 3.8) is 0 Å². The summed E-state index contributed by atoms with van der Waals surface area (Å²) in [6.07, 6.45) is 17.5. The molecule has 0 N–H and O–H groups in total. The average Bonchev–Trinajstić information content (AvgIpc) is 3.10. The molecular weight excluding hydrogens is 600 g/mol. The van der Waals surface area contributed by atoms with Crippen molar-refractivity contribution in [1.29, 1.82) is 0 Å². The predicted molar refractivity (Wildman–Crippen MR) is 200 cm³/mol. The van der Waals surface area contributed by atoms with Crippen LogP contribution >= 0.6 is 0 Å². The fourth-order valence-corrected chi connectivity index (χ4v) is 5.57. The first-order chi connectivity index (χ1) is 23.5. The van der Waals surface area contributed by atoms with Gasteiger partial charge in [0.15, 0.2) is 28.8 Å². The molecular formula is C42H68O6. The maximum atomic E-state index is 14.5. The van der Waals surface area contributed by atoms with Gasteiger partial charge in [-0.15, -0.1) is 0 Å². The Morgan fingerprint density at radius 1 is 0.500 bits per heavy atom. The van der Waals surface area contributed by atoms with Crippen molar-refractivity contribution in [2.75, 3.05) is 33.0 Å². The highest BCUT2D eigenvalue weighted by molar-refractivity contribution is 6.03. The maximum Gasteiger partial charge on any atom is 0.176 e. The van der Waals surface area contributed by atoms with Gasteiger partial charge in [0.2, 0.25) is 0 Å². The van der Waals surface area contributed by atoms with Crippen molar-refractivity contribution >= 4 is 5.78 Å². The number of hydrogen-bond donors (Lipinski definition) is 0. The van der Waals surface area contributed by atoms with E-state index in [0.29, 0.717) is 74.4 Å². The number of Topliss-reactive ketones (excluding diaryl/α,β-unsaturated/α-hetero) is 1. The third-order valence-corrected chi connectivity index (χ3v) is 8.60. The number of benzene rings is 2. The molecule has 0 fully saturated rings. The molecule has 6 nitrogen and oxygen atoms in total. The minimum absolute atomic E-state index is 0.0257. The van der Waals surface area contributed by atoms with E-state index in [-0.39, 0.29) is 5.78 Å². The van der Waals surface area contributed by atoms with E-state index < -0.39 is 0 Å². The number of rotatable bonds is 30. The minimum atomic E-state index is -0.0257. The molecule has 0 amide bonds. The predicted octanol–water partition coefficient (Wildman–Crippen LogP) is 11.9. The lowest BCUT2D eigenvalue weighted by Gasteiger charge is -2.22. The summed E-state index contributed by atoms with van der Waals surface area (Å²) in [4.78, 5) is 14.5. The second-order valence-corrected chi connectivity index (χ2v) is 12.9. The number of ether oxygens (including phenoxy) is 5. The molecule has 2 rings (SSSR count). The second kappa shape index (κ2) is 26.0. The molecule has 2 aromatic rings. The van der Waals surface area contributed by atoms with Gasteiger partial charge in [-0.3, -0.25) is 4.79 Å². The molecule has 6 heteroatoms. The lowest BCUT2D eigenvalue weighted by molar-refractivity contribution is 0.0971. The standard InChI is InChI=1S/C42H68O6/c1-7-13-18-27-44-37-26-23-34(12-6)32-35(37)24-25-36(43)40-41(47-30-21-16-10-4)38(45-28-19-14-8-2)33-39(46-29-20-15-9-3)42(40)48-31-22-17-11-5/h23,26,32-33H,7-22,24-25,27-31H2,1-6H3. The second-order valence-electron chi connectivity index (χ2n) is 12.9. The summed E-state index contributed by atoms with van der Waals surface area (Å²) in [5, 5.41) is 0. The van der Waals surface area contributed by atoms with Crippen LogP contribution < -0.4 is 23.7 Å².